The van der Waals surface area contributed by atoms with Gasteiger partial charge >= 0.3 is 6.18 Å². The second-order valence-corrected chi connectivity index (χ2v) is 5.59. The van der Waals surface area contributed by atoms with Crippen molar-refractivity contribution in [1.29, 1.82) is 0 Å². The van der Waals surface area contributed by atoms with Crippen LogP contribution in [0, 0.1) is 18.6 Å². The summed E-state index contributed by atoms with van der Waals surface area (Å²) in [6.07, 6.45) is -4.82. The molecule has 0 bridgehead atoms. The number of hydrogen-bond donors (Lipinski definition) is 2. The predicted octanol–water partition coefficient (Wildman–Crippen LogP) is 3.26. The first-order valence-electron chi connectivity index (χ1n) is 6.16. The first-order valence-corrected chi connectivity index (χ1v) is 6.98. The first-order chi connectivity index (χ1) is 10.6. The van der Waals surface area contributed by atoms with E-state index in [4.69, 9.17) is 5.73 Å². The number of nitrogen functional groups attached to an aromatic ring is 1. The highest BCUT2D eigenvalue weighted by molar-refractivity contribution is 7.17. The Kier molecular flexibility index (Phi) is 4.55. The van der Waals surface area contributed by atoms with Crippen molar-refractivity contribution in [3.8, 4) is 0 Å². The molecule has 1 aromatic carbocycles. The van der Waals surface area contributed by atoms with E-state index in [9.17, 15) is 26.7 Å². The minimum Gasteiger partial charge on any atom is -0.375 e. The second-order valence-electron chi connectivity index (χ2n) is 4.56. The summed E-state index contributed by atoms with van der Waals surface area (Å²) in [4.78, 5) is 14.3. The van der Waals surface area contributed by atoms with Crippen LogP contribution in [0.4, 0.5) is 27.1 Å². The van der Waals surface area contributed by atoms with Crippen molar-refractivity contribution in [1.82, 2.24) is 10.3 Å². The molecule has 1 heterocycles. The van der Waals surface area contributed by atoms with Crippen LogP contribution in [0.15, 0.2) is 12.1 Å². The number of thiazole rings is 1. The third-order valence-corrected chi connectivity index (χ3v) is 3.89. The molecular weight excluding hydrogens is 341 g/mol. The van der Waals surface area contributed by atoms with E-state index in [1.165, 1.54) is 13.0 Å². The van der Waals surface area contributed by atoms with Crippen LogP contribution in [-0.4, -0.2) is 10.9 Å². The van der Waals surface area contributed by atoms with Gasteiger partial charge < -0.3 is 11.1 Å². The number of aromatic nitrogens is 1. The summed E-state index contributed by atoms with van der Waals surface area (Å²) in [5.74, 6) is -3.17. The number of halogens is 5. The van der Waals surface area contributed by atoms with Crippen LogP contribution in [0.25, 0.3) is 0 Å². The number of rotatable bonds is 3. The fourth-order valence-corrected chi connectivity index (χ4v) is 2.59. The lowest BCUT2D eigenvalue weighted by Crippen LogP contribution is -2.25. The van der Waals surface area contributed by atoms with Gasteiger partial charge in [-0.1, -0.05) is 17.4 Å². The third kappa shape index (κ3) is 3.58. The molecule has 0 saturated heterocycles. The molecule has 23 heavy (non-hydrogen) atoms. The molecule has 124 valence electrons. The lowest BCUT2D eigenvalue weighted by Gasteiger charge is -2.10. The molecular formula is C13H10F5N3OS. The number of anilines is 1. The van der Waals surface area contributed by atoms with Crippen LogP contribution in [0.3, 0.4) is 0 Å². The van der Waals surface area contributed by atoms with E-state index in [1.54, 1.807) is 0 Å². The van der Waals surface area contributed by atoms with E-state index in [0.717, 1.165) is 6.07 Å². The second kappa shape index (κ2) is 6.11. The maximum absolute atomic E-state index is 13.4. The molecule has 4 nitrogen and oxygen atoms in total. The molecule has 2 aromatic rings. The van der Waals surface area contributed by atoms with Gasteiger partial charge in [0.25, 0.3) is 5.91 Å². The smallest absolute Gasteiger partial charge is 0.375 e. The molecule has 1 amide bonds. The summed E-state index contributed by atoms with van der Waals surface area (Å²) in [6.45, 7) is 1.03. The molecule has 0 aliphatic rings. The van der Waals surface area contributed by atoms with Crippen molar-refractivity contribution < 1.29 is 26.7 Å². The predicted molar refractivity (Wildman–Crippen MR) is 73.8 cm³/mol. The van der Waals surface area contributed by atoms with Crippen molar-refractivity contribution >= 4 is 22.4 Å². The largest absolute Gasteiger partial charge is 0.435 e. The van der Waals surface area contributed by atoms with E-state index in [0.29, 0.717) is 11.3 Å². The highest BCUT2D eigenvalue weighted by Gasteiger charge is 2.39. The van der Waals surface area contributed by atoms with Crippen LogP contribution in [0.2, 0.25) is 0 Å². The Hall–Kier alpha value is -2.23. The molecule has 1 aromatic heterocycles. The zero-order chi connectivity index (χ0) is 17.4. The van der Waals surface area contributed by atoms with Gasteiger partial charge in [0.15, 0.2) is 22.5 Å². The van der Waals surface area contributed by atoms with Crippen molar-refractivity contribution in [3.63, 3.8) is 0 Å². The molecule has 0 aliphatic carbocycles. The Morgan fingerprint density at radius 2 is 2.00 bits per heavy atom. The van der Waals surface area contributed by atoms with E-state index >= 15 is 0 Å². The zero-order valence-corrected chi connectivity index (χ0v) is 12.4. The van der Waals surface area contributed by atoms with Gasteiger partial charge in [0.2, 0.25) is 0 Å². The van der Waals surface area contributed by atoms with Gasteiger partial charge in [-0.3, -0.25) is 4.79 Å². The number of benzene rings is 1. The van der Waals surface area contributed by atoms with Crippen LogP contribution in [0.1, 0.15) is 26.5 Å². The van der Waals surface area contributed by atoms with Crippen molar-refractivity contribution in [2.24, 2.45) is 0 Å². The number of amides is 1. The van der Waals surface area contributed by atoms with Crippen LogP contribution < -0.4 is 11.1 Å². The minimum absolute atomic E-state index is 0.0369. The van der Waals surface area contributed by atoms with Gasteiger partial charge in [0.1, 0.15) is 4.88 Å². The monoisotopic (exact) mass is 351 g/mol. The number of alkyl halides is 3. The number of carbonyl (C=O) groups is 1. The Morgan fingerprint density at radius 3 is 2.61 bits per heavy atom. The molecule has 0 atom stereocenters. The molecule has 10 heteroatoms. The summed E-state index contributed by atoms with van der Waals surface area (Å²) in [7, 11) is 0. The molecule has 3 N–H and O–H groups in total. The van der Waals surface area contributed by atoms with E-state index in [2.05, 4.69) is 10.3 Å². The maximum atomic E-state index is 13.4. The zero-order valence-electron chi connectivity index (χ0n) is 11.6. The average molecular weight is 351 g/mol. The number of carbonyl (C=O) groups excluding carboxylic acids is 1. The van der Waals surface area contributed by atoms with Crippen molar-refractivity contribution in [2.75, 3.05) is 5.73 Å². The standard InChI is InChI=1S/C13H10F5N3OS/c1-5-6(2-3-7(14)8(5)15)4-20-11(22)9-10(13(16,17)18)21-12(19)23-9/h2-3H,4H2,1H3,(H2,19,21)(H,20,22). The topological polar surface area (TPSA) is 68.0 Å². The molecule has 0 radical (unpaired) electrons. The van der Waals surface area contributed by atoms with E-state index in [-0.39, 0.29) is 17.7 Å². The fraction of sp³-hybridized carbons (Fsp3) is 0.231. The lowest BCUT2D eigenvalue weighted by molar-refractivity contribution is -0.141. The molecule has 0 spiro atoms. The van der Waals surface area contributed by atoms with Gasteiger partial charge in [-0.2, -0.15) is 13.2 Å². The fourth-order valence-electron chi connectivity index (χ4n) is 1.82. The van der Waals surface area contributed by atoms with Gasteiger partial charge in [-0.15, -0.1) is 0 Å². The summed E-state index contributed by atoms with van der Waals surface area (Å²) >= 11 is 0.395. The average Bonchev–Trinajstić information content (AvgIpc) is 2.86. The number of nitrogens with zero attached hydrogens (tertiary/aromatic N) is 1. The minimum atomic E-state index is -4.82. The Morgan fingerprint density at radius 1 is 1.35 bits per heavy atom. The summed E-state index contributed by atoms with van der Waals surface area (Å²) in [5.41, 5.74) is 4.04. The SMILES string of the molecule is Cc1c(CNC(=O)c2sc(N)nc2C(F)(F)F)ccc(F)c1F. The Balaban J connectivity index is 2.20. The number of hydrogen-bond acceptors (Lipinski definition) is 4. The normalized spacial score (nSPS) is 11.6. The van der Waals surface area contributed by atoms with Crippen molar-refractivity contribution in [3.05, 3.63) is 45.5 Å². The highest BCUT2D eigenvalue weighted by atomic mass is 32.1. The van der Waals surface area contributed by atoms with Gasteiger partial charge in [-0.25, -0.2) is 13.8 Å². The third-order valence-electron chi connectivity index (χ3n) is 3.01. The number of nitrogens with two attached hydrogens (primary N) is 1. The Labute approximate surface area is 131 Å². The quantitative estimate of drug-likeness (QED) is 0.834. The Bertz CT molecular complexity index is 757. The van der Waals surface area contributed by atoms with Crippen LogP contribution in [0.5, 0.6) is 0 Å². The van der Waals surface area contributed by atoms with Crippen LogP contribution >= 0.6 is 11.3 Å². The van der Waals surface area contributed by atoms with Gasteiger partial charge in [-0.05, 0) is 24.1 Å². The summed E-state index contributed by atoms with van der Waals surface area (Å²) in [5, 5.41) is 1.82. The molecule has 0 aliphatic heterocycles. The summed E-state index contributed by atoms with van der Waals surface area (Å²) < 4.78 is 64.7. The van der Waals surface area contributed by atoms with E-state index < -0.39 is 39.4 Å². The first kappa shape index (κ1) is 17.1. The maximum Gasteiger partial charge on any atom is 0.435 e. The molecule has 0 saturated carbocycles. The van der Waals surface area contributed by atoms with E-state index in [1.807, 2.05) is 0 Å². The van der Waals surface area contributed by atoms with Crippen molar-refractivity contribution in [2.45, 2.75) is 19.6 Å². The molecule has 2 rings (SSSR count). The van der Waals surface area contributed by atoms with Crippen LogP contribution in [-0.2, 0) is 12.7 Å². The molecule has 0 fully saturated rings. The number of nitrogens with one attached hydrogen (secondary N) is 1. The van der Waals surface area contributed by atoms with Gasteiger partial charge in [0, 0.05) is 6.54 Å². The van der Waals surface area contributed by atoms with Gasteiger partial charge in [0.05, 0.1) is 0 Å². The molecule has 0 unspecified atom stereocenters. The summed E-state index contributed by atoms with van der Waals surface area (Å²) in [6, 6.07) is 2.11. The lowest BCUT2D eigenvalue weighted by atomic mass is 10.1. The highest BCUT2D eigenvalue weighted by Crippen LogP contribution is 2.35.